The van der Waals surface area contributed by atoms with Crippen molar-refractivity contribution in [2.75, 3.05) is 25.0 Å². The number of piperidine rings is 1. The van der Waals surface area contributed by atoms with Crippen LogP contribution >= 0.6 is 11.3 Å². The summed E-state index contributed by atoms with van der Waals surface area (Å²) in [4.78, 5) is 4.69. The minimum atomic E-state index is 0.791. The average Bonchev–Trinajstić information content (AvgIpc) is 2.82. The summed E-state index contributed by atoms with van der Waals surface area (Å²) in [7, 11) is 0. The van der Waals surface area contributed by atoms with Gasteiger partial charge in [0, 0.05) is 6.54 Å². The number of nitrogens with zero attached hydrogens (tertiary/aromatic N) is 1. The highest BCUT2D eigenvalue weighted by Crippen LogP contribution is 2.28. The van der Waals surface area contributed by atoms with Crippen LogP contribution in [0.4, 0.5) is 5.13 Å². The molecular weight excluding hydrogens is 242 g/mol. The molecule has 0 atom stereocenters. The molecule has 1 aliphatic heterocycles. The lowest BCUT2D eigenvalue weighted by Gasteiger charge is -2.22. The van der Waals surface area contributed by atoms with Crippen molar-refractivity contribution >= 4 is 26.7 Å². The molecule has 2 heterocycles. The summed E-state index contributed by atoms with van der Waals surface area (Å²) < 4.78 is 1.28. The van der Waals surface area contributed by atoms with Gasteiger partial charge in [-0.25, -0.2) is 4.98 Å². The highest BCUT2D eigenvalue weighted by molar-refractivity contribution is 7.22. The molecule has 0 spiro atoms. The first-order valence-electron chi connectivity index (χ1n) is 6.63. The molecule has 18 heavy (non-hydrogen) atoms. The molecule has 1 fully saturated rings. The number of benzene rings is 1. The molecule has 0 saturated carbocycles. The van der Waals surface area contributed by atoms with E-state index in [0.29, 0.717) is 0 Å². The van der Waals surface area contributed by atoms with Gasteiger partial charge in [-0.3, -0.25) is 0 Å². The Balaban J connectivity index is 1.69. The van der Waals surface area contributed by atoms with Gasteiger partial charge in [0.15, 0.2) is 5.13 Å². The van der Waals surface area contributed by atoms with E-state index >= 15 is 0 Å². The molecule has 4 heteroatoms. The van der Waals surface area contributed by atoms with Crippen LogP contribution in [0.2, 0.25) is 0 Å². The first kappa shape index (κ1) is 11.9. The van der Waals surface area contributed by atoms with Gasteiger partial charge in [-0.15, -0.1) is 0 Å². The standard InChI is InChI=1S/C14H19N3S/c1-10-3-2-4-12-13(10)17-14(18-12)16-9-11-5-7-15-8-6-11/h2-4,11,15H,5-9H2,1H3,(H,16,17). The van der Waals surface area contributed by atoms with Gasteiger partial charge in [0.25, 0.3) is 0 Å². The fraction of sp³-hybridized carbons (Fsp3) is 0.500. The van der Waals surface area contributed by atoms with E-state index in [9.17, 15) is 0 Å². The van der Waals surface area contributed by atoms with Gasteiger partial charge in [0.05, 0.1) is 10.2 Å². The number of aromatic nitrogens is 1. The Morgan fingerprint density at radius 3 is 3.00 bits per heavy atom. The van der Waals surface area contributed by atoms with E-state index in [2.05, 4.69) is 40.7 Å². The third-order valence-corrected chi connectivity index (χ3v) is 4.60. The molecule has 0 amide bonds. The third kappa shape index (κ3) is 2.49. The Morgan fingerprint density at radius 1 is 1.39 bits per heavy atom. The maximum Gasteiger partial charge on any atom is 0.183 e. The summed E-state index contributed by atoms with van der Waals surface area (Å²) in [6.07, 6.45) is 2.55. The number of fused-ring (bicyclic) bond motifs is 1. The largest absolute Gasteiger partial charge is 0.361 e. The van der Waals surface area contributed by atoms with Crippen molar-refractivity contribution in [3.05, 3.63) is 23.8 Å². The first-order valence-corrected chi connectivity index (χ1v) is 7.45. The quantitative estimate of drug-likeness (QED) is 0.892. The van der Waals surface area contributed by atoms with Crippen LogP contribution in [0.15, 0.2) is 18.2 Å². The molecule has 1 aromatic carbocycles. The lowest BCUT2D eigenvalue weighted by molar-refractivity contribution is 0.390. The fourth-order valence-corrected chi connectivity index (χ4v) is 3.43. The van der Waals surface area contributed by atoms with Gasteiger partial charge in [0.1, 0.15) is 0 Å². The Labute approximate surface area is 112 Å². The van der Waals surface area contributed by atoms with E-state index in [1.54, 1.807) is 11.3 Å². The van der Waals surface area contributed by atoms with Crippen molar-refractivity contribution in [2.24, 2.45) is 5.92 Å². The molecule has 1 saturated heterocycles. The van der Waals surface area contributed by atoms with Crippen LogP contribution < -0.4 is 10.6 Å². The molecule has 2 N–H and O–H groups in total. The number of para-hydroxylation sites is 1. The summed E-state index contributed by atoms with van der Waals surface area (Å²) in [6, 6.07) is 6.38. The van der Waals surface area contributed by atoms with Crippen LogP contribution in [0.1, 0.15) is 18.4 Å². The van der Waals surface area contributed by atoms with Crippen molar-refractivity contribution in [1.29, 1.82) is 0 Å². The van der Waals surface area contributed by atoms with Gasteiger partial charge < -0.3 is 10.6 Å². The van der Waals surface area contributed by atoms with Crippen LogP contribution in [0.25, 0.3) is 10.2 Å². The highest BCUT2D eigenvalue weighted by atomic mass is 32.1. The maximum absolute atomic E-state index is 4.69. The van der Waals surface area contributed by atoms with E-state index in [0.717, 1.165) is 36.2 Å². The zero-order valence-electron chi connectivity index (χ0n) is 10.7. The van der Waals surface area contributed by atoms with E-state index in [4.69, 9.17) is 0 Å². The number of thiazole rings is 1. The van der Waals surface area contributed by atoms with Crippen molar-refractivity contribution in [3.63, 3.8) is 0 Å². The zero-order chi connectivity index (χ0) is 12.4. The van der Waals surface area contributed by atoms with Crippen LogP contribution in [0.5, 0.6) is 0 Å². The number of aryl methyl sites for hydroxylation is 1. The minimum Gasteiger partial charge on any atom is -0.361 e. The monoisotopic (exact) mass is 261 g/mol. The van der Waals surface area contributed by atoms with E-state index < -0.39 is 0 Å². The molecule has 96 valence electrons. The highest BCUT2D eigenvalue weighted by Gasteiger charge is 2.13. The van der Waals surface area contributed by atoms with E-state index in [-0.39, 0.29) is 0 Å². The van der Waals surface area contributed by atoms with Gasteiger partial charge in [-0.05, 0) is 50.4 Å². The summed E-state index contributed by atoms with van der Waals surface area (Å²) in [5.74, 6) is 0.791. The zero-order valence-corrected chi connectivity index (χ0v) is 11.5. The van der Waals surface area contributed by atoms with Crippen LogP contribution in [-0.4, -0.2) is 24.6 Å². The molecule has 1 aromatic heterocycles. The second kappa shape index (κ2) is 5.24. The van der Waals surface area contributed by atoms with Crippen molar-refractivity contribution in [1.82, 2.24) is 10.3 Å². The molecule has 3 rings (SSSR count). The van der Waals surface area contributed by atoms with Crippen LogP contribution in [0, 0.1) is 12.8 Å². The molecule has 3 nitrogen and oxygen atoms in total. The second-order valence-electron chi connectivity index (χ2n) is 5.01. The molecule has 0 radical (unpaired) electrons. The van der Waals surface area contributed by atoms with Gasteiger partial charge in [0.2, 0.25) is 0 Å². The predicted octanol–water partition coefficient (Wildman–Crippen LogP) is 3.02. The van der Waals surface area contributed by atoms with Crippen molar-refractivity contribution < 1.29 is 0 Å². The van der Waals surface area contributed by atoms with Gasteiger partial charge in [-0.1, -0.05) is 23.5 Å². The lowest BCUT2D eigenvalue weighted by atomic mass is 9.98. The average molecular weight is 261 g/mol. The summed E-state index contributed by atoms with van der Waals surface area (Å²) >= 11 is 1.76. The molecule has 1 aliphatic rings. The topological polar surface area (TPSA) is 37.0 Å². The number of nitrogens with one attached hydrogen (secondary N) is 2. The molecule has 0 bridgehead atoms. The lowest BCUT2D eigenvalue weighted by Crippen LogP contribution is -2.31. The molecule has 0 unspecified atom stereocenters. The Morgan fingerprint density at radius 2 is 2.22 bits per heavy atom. The molecule has 2 aromatic rings. The Bertz CT molecular complexity index is 529. The van der Waals surface area contributed by atoms with Gasteiger partial charge in [-0.2, -0.15) is 0 Å². The number of rotatable bonds is 3. The first-order chi connectivity index (χ1) is 8.83. The normalized spacial score (nSPS) is 17.2. The van der Waals surface area contributed by atoms with Crippen LogP contribution in [-0.2, 0) is 0 Å². The second-order valence-corrected chi connectivity index (χ2v) is 6.05. The SMILES string of the molecule is Cc1cccc2sc(NCC3CCNCC3)nc12. The molecular formula is C14H19N3S. The Hall–Kier alpha value is -1.13. The van der Waals surface area contributed by atoms with Gasteiger partial charge >= 0.3 is 0 Å². The summed E-state index contributed by atoms with van der Waals surface area (Å²) in [5, 5.41) is 7.98. The van der Waals surface area contributed by atoms with E-state index in [1.165, 1.54) is 23.1 Å². The number of anilines is 1. The fourth-order valence-electron chi connectivity index (χ4n) is 2.48. The predicted molar refractivity (Wildman–Crippen MR) is 78.4 cm³/mol. The Kier molecular flexibility index (Phi) is 3.48. The van der Waals surface area contributed by atoms with E-state index in [1.807, 2.05) is 0 Å². The number of hydrogen-bond donors (Lipinski definition) is 2. The van der Waals surface area contributed by atoms with Crippen LogP contribution in [0.3, 0.4) is 0 Å². The molecule has 0 aliphatic carbocycles. The minimum absolute atomic E-state index is 0.791. The third-order valence-electron chi connectivity index (χ3n) is 3.62. The van der Waals surface area contributed by atoms with Crippen molar-refractivity contribution in [2.45, 2.75) is 19.8 Å². The smallest absolute Gasteiger partial charge is 0.183 e. The summed E-state index contributed by atoms with van der Waals surface area (Å²) in [5.41, 5.74) is 2.41. The van der Waals surface area contributed by atoms with Crippen molar-refractivity contribution in [3.8, 4) is 0 Å². The summed E-state index contributed by atoms with van der Waals surface area (Å²) in [6.45, 7) is 5.50. The number of hydrogen-bond acceptors (Lipinski definition) is 4. The maximum atomic E-state index is 4.69.